The van der Waals surface area contributed by atoms with Crippen LogP contribution >= 0.6 is 0 Å². The molecule has 1 aromatic carbocycles. The number of nitrogens with one attached hydrogen (secondary N) is 2. The van der Waals surface area contributed by atoms with Gasteiger partial charge in [0, 0.05) is 51.7 Å². The van der Waals surface area contributed by atoms with Crippen LogP contribution in [0.25, 0.3) is 0 Å². The molecule has 0 saturated carbocycles. The van der Waals surface area contributed by atoms with E-state index in [1.165, 1.54) is 5.56 Å². The molecule has 1 fully saturated rings. The molecule has 0 spiro atoms. The number of para-hydroxylation sites is 1. The number of benzene rings is 1. The average Bonchev–Trinajstić information content (AvgIpc) is 2.69. The van der Waals surface area contributed by atoms with Crippen molar-refractivity contribution in [3.05, 3.63) is 29.8 Å². The zero-order valence-electron chi connectivity index (χ0n) is 17.3. The fourth-order valence-electron chi connectivity index (χ4n) is 3.86. The molecule has 7 heteroatoms. The minimum absolute atomic E-state index is 0.101. The zero-order chi connectivity index (χ0) is 19.9. The number of guanidine groups is 1. The molecule has 1 aromatic rings. The summed E-state index contributed by atoms with van der Waals surface area (Å²) < 4.78 is 5.76. The third-order valence-electron chi connectivity index (χ3n) is 5.29. The molecule has 2 N–H and O–H groups in total. The number of ether oxygens (including phenoxy) is 1. The zero-order valence-corrected chi connectivity index (χ0v) is 17.3. The molecule has 1 amide bonds. The van der Waals surface area contributed by atoms with Gasteiger partial charge >= 0.3 is 0 Å². The summed E-state index contributed by atoms with van der Waals surface area (Å²) in [4.78, 5) is 20.9. The molecule has 154 valence electrons. The Labute approximate surface area is 168 Å². The number of carbonyl (C=O) groups excluding carboxylic acids is 1. The van der Waals surface area contributed by atoms with Crippen LogP contribution in [0.2, 0.25) is 0 Å². The minimum atomic E-state index is 0.101. The van der Waals surface area contributed by atoms with Gasteiger partial charge < -0.3 is 20.3 Å². The Morgan fingerprint density at radius 3 is 2.71 bits per heavy atom. The van der Waals surface area contributed by atoms with Crippen LogP contribution in [-0.4, -0.2) is 80.6 Å². The first-order chi connectivity index (χ1) is 13.6. The number of amides is 1. The van der Waals surface area contributed by atoms with Crippen LogP contribution in [0.1, 0.15) is 31.7 Å². The lowest BCUT2D eigenvalue weighted by Gasteiger charge is -2.37. The van der Waals surface area contributed by atoms with Crippen molar-refractivity contribution in [1.82, 2.24) is 20.4 Å². The second-order valence-corrected chi connectivity index (χ2v) is 7.79. The molecule has 2 aliphatic heterocycles. The first-order valence-electron chi connectivity index (χ1n) is 10.3. The summed E-state index contributed by atoms with van der Waals surface area (Å²) in [6.07, 6.45) is 1.01. The number of piperazine rings is 1. The largest absolute Gasteiger partial charge is 0.493 e. The average molecular weight is 388 g/mol. The van der Waals surface area contributed by atoms with Gasteiger partial charge in [-0.2, -0.15) is 0 Å². The molecule has 3 rings (SSSR count). The van der Waals surface area contributed by atoms with Crippen molar-refractivity contribution in [2.45, 2.75) is 32.2 Å². The minimum Gasteiger partial charge on any atom is -0.493 e. The second kappa shape index (κ2) is 9.78. The molecule has 7 nitrogen and oxygen atoms in total. The Morgan fingerprint density at radius 2 is 2.00 bits per heavy atom. The van der Waals surface area contributed by atoms with Crippen molar-refractivity contribution >= 4 is 11.9 Å². The Kier molecular flexibility index (Phi) is 7.14. The summed E-state index contributed by atoms with van der Waals surface area (Å²) in [5.74, 6) is 2.48. The van der Waals surface area contributed by atoms with Gasteiger partial charge in [0.2, 0.25) is 5.91 Å². The molecule has 1 atom stereocenters. The Balaban J connectivity index is 1.47. The number of nitrogens with zero attached hydrogens (tertiary/aromatic N) is 3. The van der Waals surface area contributed by atoms with Gasteiger partial charge in [0.1, 0.15) is 5.75 Å². The van der Waals surface area contributed by atoms with E-state index in [1.807, 2.05) is 33.0 Å². The highest BCUT2D eigenvalue weighted by atomic mass is 16.5. The number of rotatable bonds is 5. The normalized spacial score (nSPS) is 20.5. The van der Waals surface area contributed by atoms with E-state index < -0.39 is 0 Å². The standard InChI is InChI=1S/C21H33N5O2/c1-16(2)24-20(27)15-25-9-11-26(12-10-25)21(22-3)23-14-17-8-13-28-19-7-5-4-6-18(17)19/h4-7,16-17H,8-15H2,1-3H3,(H,22,23)(H,24,27). The molecule has 1 saturated heterocycles. The smallest absolute Gasteiger partial charge is 0.234 e. The molecule has 2 heterocycles. The predicted octanol–water partition coefficient (Wildman–Crippen LogP) is 1.27. The summed E-state index contributed by atoms with van der Waals surface area (Å²) in [5, 5.41) is 6.51. The molecule has 2 aliphatic rings. The van der Waals surface area contributed by atoms with E-state index in [-0.39, 0.29) is 11.9 Å². The van der Waals surface area contributed by atoms with Crippen LogP contribution in [-0.2, 0) is 4.79 Å². The summed E-state index contributed by atoms with van der Waals surface area (Å²) in [7, 11) is 1.84. The predicted molar refractivity (Wildman–Crippen MR) is 112 cm³/mol. The maximum Gasteiger partial charge on any atom is 0.234 e. The van der Waals surface area contributed by atoms with Gasteiger partial charge in [0.25, 0.3) is 0 Å². The summed E-state index contributed by atoms with van der Waals surface area (Å²) in [5.41, 5.74) is 1.28. The highest BCUT2D eigenvalue weighted by molar-refractivity contribution is 5.80. The van der Waals surface area contributed by atoms with Crippen LogP contribution in [0, 0.1) is 0 Å². The molecule has 1 unspecified atom stereocenters. The van der Waals surface area contributed by atoms with Crippen molar-refractivity contribution in [1.29, 1.82) is 0 Å². The number of hydrogen-bond acceptors (Lipinski definition) is 4. The Hall–Kier alpha value is -2.28. The highest BCUT2D eigenvalue weighted by Gasteiger charge is 2.24. The molecule has 0 radical (unpaired) electrons. The van der Waals surface area contributed by atoms with E-state index in [0.29, 0.717) is 12.5 Å². The summed E-state index contributed by atoms with van der Waals surface area (Å²) in [6, 6.07) is 8.49. The van der Waals surface area contributed by atoms with Crippen LogP contribution < -0.4 is 15.4 Å². The van der Waals surface area contributed by atoms with Crippen LogP contribution in [0.5, 0.6) is 5.75 Å². The lowest BCUT2D eigenvalue weighted by Crippen LogP contribution is -2.54. The van der Waals surface area contributed by atoms with Gasteiger partial charge in [-0.3, -0.25) is 14.7 Å². The topological polar surface area (TPSA) is 69.2 Å². The van der Waals surface area contributed by atoms with E-state index in [0.717, 1.165) is 57.5 Å². The van der Waals surface area contributed by atoms with Crippen LogP contribution in [0.3, 0.4) is 0 Å². The van der Waals surface area contributed by atoms with Gasteiger partial charge in [-0.25, -0.2) is 0 Å². The quantitative estimate of drug-likeness (QED) is 0.588. The van der Waals surface area contributed by atoms with Gasteiger partial charge in [-0.05, 0) is 31.9 Å². The van der Waals surface area contributed by atoms with Crippen molar-refractivity contribution in [2.75, 3.05) is 52.9 Å². The lowest BCUT2D eigenvalue weighted by atomic mass is 9.93. The second-order valence-electron chi connectivity index (χ2n) is 7.79. The lowest BCUT2D eigenvalue weighted by molar-refractivity contribution is -0.123. The maximum absolute atomic E-state index is 12.0. The third kappa shape index (κ3) is 5.38. The molecular weight excluding hydrogens is 354 g/mol. The molecule has 0 bridgehead atoms. The molecule has 0 aliphatic carbocycles. The van der Waals surface area contributed by atoms with E-state index in [1.54, 1.807) is 0 Å². The van der Waals surface area contributed by atoms with Crippen molar-refractivity contribution in [2.24, 2.45) is 4.99 Å². The maximum atomic E-state index is 12.0. The third-order valence-corrected chi connectivity index (χ3v) is 5.29. The van der Waals surface area contributed by atoms with Crippen molar-refractivity contribution in [3.63, 3.8) is 0 Å². The Morgan fingerprint density at radius 1 is 1.25 bits per heavy atom. The van der Waals surface area contributed by atoms with Crippen molar-refractivity contribution in [3.8, 4) is 5.75 Å². The number of aliphatic imine (C=N–C) groups is 1. The van der Waals surface area contributed by atoms with E-state index in [2.05, 4.69) is 37.6 Å². The van der Waals surface area contributed by atoms with Gasteiger partial charge in [0.15, 0.2) is 5.96 Å². The summed E-state index contributed by atoms with van der Waals surface area (Å²) in [6.45, 7) is 9.54. The first kappa shape index (κ1) is 20.5. The van der Waals surface area contributed by atoms with Crippen molar-refractivity contribution < 1.29 is 9.53 Å². The number of hydrogen-bond donors (Lipinski definition) is 2. The highest BCUT2D eigenvalue weighted by Crippen LogP contribution is 2.32. The van der Waals surface area contributed by atoms with E-state index in [4.69, 9.17) is 4.74 Å². The number of carbonyl (C=O) groups is 1. The van der Waals surface area contributed by atoms with Gasteiger partial charge in [-0.1, -0.05) is 18.2 Å². The van der Waals surface area contributed by atoms with E-state index in [9.17, 15) is 4.79 Å². The van der Waals surface area contributed by atoms with Gasteiger partial charge in [0.05, 0.1) is 13.2 Å². The van der Waals surface area contributed by atoms with Crippen LogP contribution in [0.15, 0.2) is 29.3 Å². The molecule has 28 heavy (non-hydrogen) atoms. The SMILES string of the molecule is CN=C(NCC1CCOc2ccccc21)N1CCN(CC(=O)NC(C)C)CC1. The van der Waals surface area contributed by atoms with E-state index >= 15 is 0 Å². The van der Waals surface area contributed by atoms with Gasteiger partial charge in [-0.15, -0.1) is 0 Å². The fraction of sp³-hybridized carbons (Fsp3) is 0.619. The first-order valence-corrected chi connectivity index (χ1v) is 10.3. The monoisotopic (exact) mass is 387 g/mol. The van der Waals surface area contributed by atoms with Crippen LogP contribution in [0.4, 0.5) is 0 Å². The molecular formula is C21H33N5O2. The molecule has 0 aromatic heterocycles. The fourth-order valence-corrected chi connectivity index (χ4v) is 3.86. The summed E-state index contributed by atoms with van der Waals surface area (Å²) >= 11 is 0. The Bertz CT molecular complexity index is 683. The number of fused-ring (bicyclic) bond motifs is 1.